The van der Waals surface area contributed by atoms with Gasteiger partial charge in [0.05, 0.1) is 15.9 Å². The summed E-state index contributed by atoms with van der Waals surface area (Å²) < 4.78 is 7.26. The van der Waals surface area contributed by atoms with Crippen molar-refractivity contribution in [2.45, 2.75) is 20.1 Å². The lowest BCUT2D eigenvalue weighted by atomic mass is 10.3. The lowest BCUT2D eigenvalue weighted by molar-refractivity contribution is -0.392. The summed E-state index contributed by atoms with van der Waals surface area (Å²) in [7, 11) is 0. The molecule has 2 rings (SSSR count). The molecule has 0 fully saturated rings. The van der Waals surface area contributed by atoms with Gasteiger partial charge in [-0.2, -0.15) is 0 Å². The van der Waals surface area contributed by atoms with Gasteiger partial charge in [-0.05, 0) is 33.8 Å². The zero-order valence-electron chi connectivity index (χ0n) is 11.4. The standard InChI is InChI=1S/C12H11BrN4O5/c1-2-15-10(14-6-11(15)17(20)21)7-22-12-8(13)4-3-5-9(12)16(18)19/h3-6H,2,7H2,1H3. The number of nitro benzene ring substituents is 1. The summed E-state index contributed by atoms with van der Waals surface area (Å²) in [5, 5.41) is 21.9. The van der Waals surface area contributed by atoms with Crippen LogP contribution in [0.4, 0.5) is 11.5 Å². The number of hydrogen-bond donors (Lipinski definition) is 0. The molecule has 116 valence electrons. The number of nitrogens with zero attached hydrogens (tertiary/aromatic N) is 4. The number of rotatable bonds is 6. The van der Waals surface area contributed by atoms with E-state index in [1.165, 1.54) is 16.7 Å². The fourth-order valence-corrected chi connectivity index (χ4v) is 2.40. The maximum atomic E-state index is 11.0. The largest absolute Gasteiger partial charge is 0.475 e. The highest BCUT2D eigenvalue weighted by atomic mass is 79.9. The first-order valence-electron chi connectivity index (χ1n) is 6.20. The molecule has 0 saturated heterocycles. The molecule has 0 bridgehead atoms. The van der Waals surface area contributed by atoms with Crippen molar-refractivity contribution in [2.24, 2.45) is 0 Å². The topological polar surface area (TPSA) is 113 Å². The molecule has 0 N–H and O–H groups in total. The van der Waals surface area contributed by atoms with Crippen LogP contribution in [0.15, 0.2) is 28.9 Å². The zero-order chi connectivity index (χ0) is 16.3. The summed E-state index contributed by atoms with van der Waals surface area (Å²) in [6.07, 6.45) is 1.14. The van der Waals surface area contributed by atoms with Crippen LogP contribution < -0.4 is 4.74 Å². The molecule has 2 aromatic rings. The van der Waals surface area contributed by atoms with Crippen molar-refractivity contribution in [2.75, 3.05) is 0 Å². The van der Waals surface area contributed by atoms with E-state index in [2.05, 4.69) is 20.9 Å². The molecule has 0 aliphatic rings. The van der Waals surface area contributed by atoms with Crippen molar-refractivity contribution in [3.63, 3.8) is 0 Å². The molecule has 0 spiro atoms. The van der Waals surface area contributed by atoms with E-state index in [1.54, 1.807) is 13.0 Å². The Labute approximate surface area is 133 Å². The van der Waals surface area contributed by atoms with E-state index in [1.807, 2.05) is 0 Å². The highest BCUT2D eigenvalue weighted by Gasteiger charge is 2.22. The molecule has 0 unspecified atom stereocenters. The fraction of sp³-hybridized carbons (Fsp3) is 0.250. The van der Waals surface area contributed by atoms with Gasteiger partial charge in [0.2, 0.25) is 11.6 Å². The van der Waals surface area contributed by atoms with Gasteiger partial charge in [0.15, 0.2) is 6.61 Å². The number of benzene rings is 1. The van der Waals surface area contributed by atoms with Crippen LogP contribution in [0.2, 0.25) is 0 Å². The molecule has 1 heterocycles. The van der Waals surface area contributed by atoms with E-state index in [-0.39, 0.29) is 23.9 Å². The van der Waals surface area contributed by atoms with E-state index in [0.29, 0.717) is 16.8 Å². The first-order chi connectivity index (χ1) is 10.5. The Morgan fingerprint density at radius 3 is 2.64 bits per heavy atom. The maximum absolute atomic E-state index is 11.0. The second-order valence-electron chi connectivity index (χ2n) is 4.17. The Kier molecular flexibility index (Phi) is 4.71. The summed E-state index contributed by atoms with van der Waals surface area (Å²) >= 11 is 3.19. The third-order valence-electron chi connectivity index (χ3n) is 2.91. The number of halogens is 1. The quantitative estimate of drug-likeness (QED) is 0.570. The number of ether oxygens (including phenoxy) is 1. The highest BCUT2D eigenvalue weighted by Crippen LogP contribution is 2.35. The summed E-state index contributed by atoms with van der Waals surface area (Å²) in [5.41, 5.74) is -0.196. The van der Waals surface area contributed by atoms with E-state index in [4.69, 9.17) is 4.74 Å². The molecular weight excluding hydrogens is 360 g/mol. The van der Waals surface area contributed by atoms with Crippen molar-refractivity contribution in [3.05, 3.63) is 54.9 Å². The van der Waals surface area contributed by atoms with Crippen molar-refractivity contribution >= 4 is 27.4 Å². The second-order valence-corrected chi connectivity index (χ2v) is 5.02. The Balaban J connectivity index is 2.28. The van der Waals surface area contributed by atoms with E-state index < -0.39 is 9.85 Å². The molecular formula is C12H11BrN4O5. The van der Waals surface area contributed by atoms with Crippen LogP contribution in [0.5, 0.6) is 5.75 Å². The van der Waals surface area contributed by atoms with E-state index in [9.17, 15) is 20.2 Å². The van der Waals surface area contributed by atoms with Gasteiger partial charge < -0.3 is 14.9 Å². The average molecular weight is 371 g/mol. The van der Waals surface area contributed by atoms with Crippen molar-refractivity contribution < 1.29 is 14.6 Å². The van der Waals surface area contributed by atoms with Crippen LogP contribution in [0.3, 0.4) is 0 Å². The third kappa shape index (κ3) is 3.06. The van der Waals surface area contributed by atoms with Crippen LogP contribution in [0, 0.1) is 20.2 Å². The van der Waals surface area contributed by atoms with Crippen LogP contribution in [0.25, 0.3) is 0 Å². The predicted molar refractivity (Wildman–Crippen MR) is 79.7 cm³/mol. The molecule has 0 atom stereocenters. The van der Waals surface area contributed by atoms with Gasteiger partial charge in [-0.15, -0.1) is 0 Å². The zero-order valence-corrected chi connectivity index (χ0v) is 13.0. The molecule has 0 saturated carbocycles. The number of nitro groups is 2. The minimum atomic E-state index is -0.561. The monoisotopic (exact) mass is 370 g/mol. The Hall–Kier alpha value is -2.49. The third-order valence-corrected chi connectivity index (χ3v) is 3.53. The molecule has 0 amide bonds. The lowest BCUT2D eigenvalue weighted by Crippen LogP contribution is -2.09. The lowest BCUT2D eigenvalue weighted by Gasteiger charge is -2.07. The molecule has 1 aromatic heterocycles. The summed E-state index contributed by atoms with van der Waals surface area (Å²) in [5.74, 6) is 0.225. The number of para-hydroxylation sites is 1. The first kappa shape index (κ1) is 15.9. The maximum Gasteiger partial charge on any atom is 0.342 e. The number of hydrogen-bond acceptors (Lipinski definition) is 6. The number of imidazole rings is 1. The molecule has 0 aliphatic carbocycles. The van der Waals surface area contributed by atoms with Gasteiger partial charge in [-0.1, -0.05) is 6.07 Å². The molecule has 22 heavy (non-hydrogen) atoms. The van der Waals surface area contributed by atoms with Crippen molar-refractivity contribution in [3.8, 4) is 5.75 Å². The van der Waals surface area contributed by atoms with Gasteiger partial charge >= 0.3 is 11.5 Å². The highest BCUT2D eigenvalue weighted by molar-refractivity contribution is 9.10. The van der Waals surface area contributed by atoms with Crippen LogP contribution >= 0.6 is 15.9 Å². The summed E-state index contributed by atoms with van der Waals surface area (Å²) in [4.78, 5) is 24.7. The predicted octanol–water partition coefficient (Wildman–Crippen LogP) is 3.06. The molecule has 0 radical (unpaired) electrons. The fourth-order valence-electron chi connectivity index (χ4n) is 1.93. The van der Waals surface area contributed by atoms with Gasteiger partial charge in [-0.25, -0.2) is 9.55 Å². The van der Waals surface area contributed by atoms with Crippen molar-refractivity contribution in [1.29, 1.82) is 0 Å². The molecule has 9 nitrogen and oxygen atoms in total. The minimum Gasteiger partial charge on any atom is -0.475 e. The Bertz CT molecular complexity index is 730. The molecule has 10 heteroatoms. The average Bonchev–Trinajstić information content (AvgIpc) is 2.88. The smallest absolute Gasteiger partial charge is 0.342 e. The summed E-state index contributed by atoms with van der Waals surface area (Å²) in [6, 6.07) is 4.44. The van der Waals surface area contributed by atoms with Gasteiger partial charge in [0, 0.05) is 6.07 Å². The normalized spacial score (nSPS) is 10.5. The van der Waals surface area contributed by atoms with Gasteiger partial charge in [0.1, 0.15) is 6.20 Å². The first-order valence-corrected chi connectivity index (χ1v) is 6.99. The van der Waals surface area contributed by atoms with Crippen LogP contribution in [-0.4, -0.2) is 19.4 Å². The second kappa shape index (κ2) is 6.52. The Morgan fingerprint density at radius 1 is 1.32 bits per heavy atom. The molecule has 0 aliphatic heterocycles. The van der Waals surface area contributed by atoms with Crippen LogP contribution in [-0.2, 0) is 13.2 Å². The minimum absolute atomic E-state index is 0.0563. The van der Waals surface area contributed by atoms with Gasteiger partial charge in [-0.3, -0.25) is 10.1 Å². The molecule has 1 aromatic carbocycles. The van der Waals surface area contributed by atoms with Crippen molar-refractivity contribution in [1.82, 2.24) is 9.55 Å². The SMILES string of the molecule is CCn1c([N+](=O)[O-])cnc1COc1c(Br)cccc1[N+](=O)[O-]. The Morgan fingerprint density at radius 2 is 2.05 bits per heavy atom. The summed E-state index contributed by atoms with van der Waals surface area (Å²) in [6.45, 7) is 1.96. The number of aromatic nitrogens is 2. The van der Waals surface area contributed by atoms with E-state index in [0.717, 1.165) is 6.20 Å². The van der Waals surface area contributed by atoms with Gasteiger partial charge in [0.25, 0.3) is 0 Å². The van der Waals surface area contributed by atoms with Crippen LogP contribution in [0.1, 0.15) is 12.7 Å². The van der Waals surface area contributed by atoms with E-state index >= 15 is 0 Å².